The zero-order valence-electron chi connectivity index (χ0n) is 14.8. The van der Waals surface area contributed by atoms with Gasteiger partial charge in [0.05, 0.1) is 6.61 Å². The number of amides is 1. The quantitative estimate of drug-likeness (QED) is 0.217. The summed E-state index contributed by atoms with van der Waals surface area (Å²) in [6.07, 6.45) is -4.66. The molecule has 5 N–H and O–H groups in total. The number of ether oxygens (including phenoxy) is 1. The zero-order valence-corrected chi connectivity index (χ0v) is 18.1. The molecule has 1 aliphatic rings. The number of unbranched alkanes of at least 4 members (excludes halogenated alkanes) is 1. The maximum Gasteiger partial charge on any atom is 0.274 e. The van der Waals surface area contributed by atoms with Crippen molar-refractivity contribution in [1.82, 2.24) is 5.32 Å². The number of rotatable bonds is 7. The second-order valence-corrected chi connectivity index (χ2v) is 13.4. The van der Waals surface area contributed by atoms with Crippen LogP contribution in [0.3, 0.4) is 0 Å². The van der Waals surface area contributed by atoms with Crippen LogP contribution < -0.4 is 5.32 Å². The Morgan fingerprint density at radius 1 is 1.35 bits per heavy atom. The molecule has 0 aromatic carbocycles. The van der Waals surface area contributed by atoms with Gasteiger partial charge >= 0.3 is 0 Å². The van der Waals surface area contributed by atoms with Crippen molar-refractivity contribution in [2.45, 2.75) is 73.0 Å². The highest BCUT2D eigenvalue weighted by molar-refractivity contribution is 6.76. The third-order valence-electron chi connectivity index (χ3n) is 4.12. The Kier molecular flexibility index (Phi) is 8.63. The molecule has 154 valence electrons. The Morgan fingerprint density at radius 3 is 2.38 bits per heavy atom. The van der Waals surface area contributed by atoms with E-state index >= 15 is 0 Å². The molecule has 5 atom stereocenters. The van der Waals surface area contributed by atoms with Gasteiger partial charge in [-0.3, -0.25) is 4.79 Å². The lowest BCUT2D eigenvalue weighted by Crippen LogP contribution is -2.75. The van der Waals surface area contributed by atoms with Crippen LogP contribution in [0.5, 0.6) is 0 Å². The second kappa shape index (κ2) is 9.21. The zero-order chi connectivity index (χ0) is 20.3. The van der Waals surface area contributed by atoms with E-state index in [2.05, 4.69) is 0 Å². The van der Waals surface area contributed by atoms with E-state index in [1.807, 2.05) is 25.3 Å². The number of hydrogen-bond acceptors (Lipinski definition) is 7. The first kappa shape index (κ1) is 24.4. The highest BCUT2D eigenvalue weighted by atomic mass is 35.6. The Balaban J connectivity index is 3.15. The lowest BCUT2D eigenvalue weighted by atomic mass is 9.93. The lowest BCUT2D eigenvalue weighted by Gasteiger charge is -2.49. The fourth-order valence-corrected chi connectivity index (χ4v) is 4.83. The second-order valence-electron chi connectivity index (χ2n) is 6.88. The summed E-state index contributed by atoms with van der Waals surface area (Å²) in [5, 5.41) is 42.6. The SMILES string of the molecule is CCCC[Si](C)(C)O[C@@H]1O[C@H](CO)[C@@H](O)[C@H](O)[C@]1(O)NC(=O)C(Cl)(Cl)Cl. The van der Waals surface area contributed by atoms with E-state index in [4.69, 9.17) is 44.0 Å². The average Bonchev–Trinajstić information content (AvgIpc) is 2.53. The maximum absolute atomic E-state index is 12.0. The van der Waals surface area contributed by atoms with Gasteiger partial charge in [-0.25, -0.2) is 0 Å². The van der Waals surface area contributed by atoms with Gasteiger partial charge in [0.15, 0.2) is 14.6 Å². The van der Waals surface area contributed by atoms with Crippen molar-refractivity contribution in [2.24, 2.45) is 0 Å². The number of aliphatic hydroxyl groups is 4. The Bertz CT molecular complexity index is 494. The molecule has 8 nitrogen and oxygen atoms in total. The minimum Gasteiger partial charge on any atom is -0.394 e. The molecule has 0 aromatic heterocycles. The molecule has 0 bridgehead atoms. The highest BCUT2D eigenvalue weighted by Gasteiger charge is 2.58. The van der Waals surface area contributed by atoms with E-state index in [-0.39, 0.29) is 0 Å². The average molecular weight is 455 g/mol. The molecule has 0 radical (unpaired) electrons. The van der Waals surface area contributed by atoms with Crippen molar-refractivity contribution in [3.05, 3.63) is 0 Å². The van der Waals surface area contributed by atoms with Crippen LogP contribution in [0.1, 0.15) is 19.8 Å². The number of carbonyl (C=O) groups excluding carboxylic acids is 1. The summed E-state index contributed by atoms with van der Waals surface area (Å²) in [4.78, 5) is 12.0. The first-order valence-corrected chi connectivity index (χ1v) is 12.5. The summed E-state index contributed by atoms with van der Waals surface area (Å²) in [6.45, 7) is 5.12. The van der Waals surface area contributed by atoms with Gasteiger partial charge in [-0.2, -0.15) is 0 Å². The van der Waals surface area contributed by atoms with Crippen LogP contribution >= 0.6 is 34.8 Å². The molecular formula is C14H26Cl3NO7Si. The molecule has 1 aliphatic heterocycles. The predicted molar refractivity (Wildman–Crippen MR) is 99.4 cm³/mol. The number of halogens is 3. The van der Waals surface area contributed by atoms with Crippen molar-refractivity contribution < 1.29 is 34.4 Å². The predicted octanol–water partition coefficient (Wildman–Crippen LogP) is 0.622. The van der Waals surface area contributed by atoms with Crippen LogP contribution in [0.4, 0.5) is 0 Å². The molecule has 0 aliphatic carbocycles. The monoisotopic (exact) mass is 453 g/mol. The highest BCUT2D eigenvalue weighted by Crippen LogP contribution is 2.34. The van der Waals surface area contributed by atoms with E-state index in [1.54, 1.807) is 0 Å². The third kappa shape index (κ3) is 5.90. The molecule has 0 saturated carbocycles. The van der Waals surface area contributed by atoms with Gasteiger partial charge in [-0.05, 0) is 19.1 Å². The van der Waals surface area contributed by atoms with Crippen molar-refractivity contribution in [3.8, 4) is 0 Å². The summed E-state index contributed by atoms with van der Waals surface area (Å²) in [5.74, 6) is -1.23. The molecule has 26 heavy (non-hydrogen) atoms. The van der Waals surface area contributed by atoms with E-state index in [9.17, 15) is 25.2 Å². The Morgan fingerprint density at radius 2 is 1.92 bits per heavy atom. The van der Waals surface area contributed by atoms with Crippen LogP contribution in [0.2, 0.25) is 19.1 Å². The van der Waals surface area contributed by atoms with E-state index in [0.717, 1.165) is 18.9 Å². The van der Waals surface area contributed by atoms with Crippen LogP contribution in [0.15, 0.2) is 0 Å². The standard InChI is InChI=1S/C14H26Cl3NO7Si/c1-4-5-6-26(2,3)25-12-13(23,18-11(22)14(15,16)17)10(21)9(20)8(7-19)24-12/h8-10,12,19-21,23H,4-7H2,1-3H3,(H,18,22)/t8-,9-,10+,12+,13-/m1/s1. The minimum atomic E-state index is -2.58. The summed E-state index contributed by atoms with van der Waals surface area (Å²) in [6, 6.07) is 0.723. The largest absolute Gasteiger partial charge is 0.394 e. The van der Waals surface area contributed by atoms with E-state index in [1.165, 1.54) is 0 Å². The van der Waals surface area contributed by atoms with Gasteiger partial charge < -0.3 is 34.9 Å². The summed E-state index contributed by atoms with van der Waals surface area (Å²) in [7, 11) is -2.40. The lowest BCUT2D eigenvalue weighted by molar-refractivity contribution is -0.330. The normalized spacial score (nSPS) is 33.2. The fourth-order valence-electron chi connectivity index (χ4n) is 2.55. The fraction of sp³-hybridized carbons (Fsp3) is 0.929. The van der Waals surface area contributed by atoms with Gasteiger partial charge in [-0.15, -0.1) is 0 Å². The molecular weight excluding hydrogens is 429 g/mol. The van der Waals surface area contributed by atoms with Crippen molar-refractivity contribution in [1.29, 1.82) is 0 Å². The molecule has 0 unspecified atom stereocenters. The Labute approximate surface area is 168 Å². The van der Waals surface area contributed by atoms with Crippen molar-refractivity contribution in [2.75, 3.05) is 6.61 Å². The van der Waals surface area contributed by atoms with Crippen LogP contribution in [-0.4, -0.2) is 75.4 Å². The van der Waals surface area contributed by atoms with Crippen molar-refractivity contribution >= 4 is 49.0 Å². The van der Waals surface area contributed by atoms with Gasteiger partial charge in [-0.1, -0.05) is 54.6 Å². The van der Waals surface area contributed by atoms with Crippen LogP contribution in [0, 0.1) is 0 Å². The number of hydrogen-bond donors (Lipinski definition) is 5. The molecule has 1 amide bonds. The third-order valence-corrected chi connectivity index (χ3v) is 7.05. The molecule has 1 rings (SSSR count). The summed E-state index contributed by atoms with van der Waals surface area (Å²) < 4.78 is 8.90. The molecule has 1 heterocycles. The molecule has 1 fully saturated rings. The van der Waals surface area contributed by atoms with Gasteiger partial charge in [0.25, 0.3) is 9.70 Å². The number of alkyl halides is 3. The summed E-state index contributed by atoms with van der Waals surface area (Å²) in [5.41, 5.74) is -2.58. The minimum absolute atomic E-state index is 0.635. The molecule has 1 saturated heterocycles. The molecule has 12 heteroatoms. The maximum atomic E-state index is 12.0. The summed E-state index contributed by atoms with van der Waals surface area (Å²) >= 11 is 16.5. The Hall–Kier alpha value is 0.317. The number of carbonyl (C=O) groups is 1. The van der Waals surface area contributed by atoms with Gasteiger partial charge in [0.2, 0.25) is 5.72 Å². The van der Waals surface area contributed by atoms with Crippen LogP contribution in [-0.2, 0) is 14.0 Å². The number of nitrogens with one attached hydrogen (secondary N) is 1. The van der Waals surface area contributed by atoms with Gasteiger partial charge in [0.1, 0.15) is 18.3 Å². The first-order chi connectivity index (χ1) is 11.8. The van der Waals surface area contributed by atoms with E-state index < -0.39 is 55.0 Å². The van der Waals surface area contributed by atoms with E-state index in [0.29, 0.717) is 0 Å². The molecule has 0 spiro atoms. The smallest absolute Gasteiger partial charge is 0.274 e. The first-order valence-electron chi connectivity index (χ1n) is 8.20. The number of aliphatic hydroxyl groups excluding tert-OH is 3. The molecule has 0 aromatic rings. The van der Waals surface area contributed by atoms with Crippen LogP contribution in [0.25, 0.3) is 0 Å². The van der Waals surface area contributed by atoms with Crippen molar-refractivity contribution in [3.63, 3.8) is 0 Å². The van der Waals surface area contributed by atoms with Gasteiger partial charge in [0, 0.05) is 0 Å². The topological polar surface area (TPSA) is 128 Å².